The molecular weight excluding hydrogens is 404 g/mol. The molecule has 0 radical (unpaired) electrons. The molecule has 1 aliphatic rings. The van der Waals surface area contributed by atoms with Gasteiger partial charge >= 0.3 is 0 Å². The summed E-state index contributed by atoms with van der Waals surface area (Å²) < 4.78 is 11.2. The van der Waals surface area contributed by atoms with Gasteiger partial charge < -0.3 is 19.1 Å². The van der Waals surface area contributed by atoms with Crippen LogP contribution in [0.4, 0.5) is 5.69 Å². The highest BCUT2D eigenvalue weighted by Crippen LogP contribution is 2.30. The van der Waals surface area contributed by atoms with E-state index in [9.17, 15) is 9.59 Å². The minimum atomic E-state index is -0.258. The van der Waals surface area contributed by atoms with Crippen LogP contribution in [0, 0.1) is 0 Å². The molecule has 2 heterocycles. The van der Waals surface area contributed by atoms with Crippen LogP contribution in [0.25, 0.3) is 11.0 Å². The van der Waals surface area contributed by atoms with Crippen molar-refractivity contribution in [1.29, 1.82) is 0 Å². The largest absolute Gasteiger partial charge is 0.467 e. The average Bonchev–Trinajstić information content (AvgIpc) is 3.54. The number of fused-ring (bicyclic) bond motifs is 2. The summed E-state index contributed by atoms with van der Waals surface area (Å²) in [6, 6.07) is 17.0. The molecule has 1 N–H and O–H groups in total. The Bertz CT molecular complexity index is 1240. The van der Waals surface area contributed by atoms with Crippen molar-refractivity contribution in [2.24, 2.45) is 0 Å². The lowest BCUT2D eigenvalue weighted by atomic mass is 10.0. The average molecular weight is 428 g/mol. The predicted octanol–water partition coefficient (Wildman–Crippen LogP) is 4.72. The van der Waals surface area contributed by atoms with Crippen molar-refractivity contribution < 1.29 is 18.4 Å². The number of rotatable bonds is 7. The smallest absolute Gasteiger partial charge is 0.244 e. The summed E-state index contributed by atoms with van der Waals surface area (Å²) in [6.07, 6.45) is 6.68. The number of carbonyl (C=O) groups excluding carboxylic acids is 2. The molecule has 2 aromatic heterocycles. The number of anilines is 1. The first-order chi connectivity index (χ1) is 15.7. The van der Waals surface area contributed by atoms with E-state index >= 15 is 0 Å². The van der Waals surface area contributed by atoms with Crippen molar-refractivity contribution in [1.82, 2.24) is 4.90 Å². The Balaban J connectivity index is 1.34. The molecule has 0 fully saturated rings. The third-order valence-corrected chi connectivity index (χ3v) is 5.88. The molecular formula is C26H24N2O4. The van der Waals surface area contributed by atoms with Crippen molar-refractivity contribution in [3.05, 3.63) is 89.6 Å². The normalized spacial score (nSPS) is 12.6. The van der Waals surface area contributed by atoms with Crippen molar-refractivity contribution in [2.75, 3.05) is 11.9 Å². The van der Waals surface area contributed by atoms with E-state index in [1.54, 1.807) is 24.7 Å². The van der Waals surface area contributed by atoms with Gasteiger partial charge in [0, 0.05) is 16.6 Å². The Hall–Kier alpha value is -3.80. The number of furan rings is 2. The van der Waals surface area contributed by atoms with Crippen LogP contribution in [0.1, 0.15) is 28.9 Å². The lowest BCUT2D eigenvalue weighted by Crippen LogP contribution is -2.38. The number of benzene rings is 2. The number of hydrogen-bond donors (Lipinski definition) is 1. The van der Waals surface area contributed by atoms with Gasteiger partial charge in [0.15, 0.2) is 0 Å². The Kier molecular flexibility index (Phi) is 5.50. The lowest BCUT2D eigenvalue weighted by molar-refractivity contribution is -0.134. The highest BCUT2D eigenvalue weighted by atomic mass is 16.3. The summed E-state index contributed by atoms with van der Waals surface area (Å²) in [5, 5.41) is 3.82. The third kappa shape index (κ3) is 4.30. The molecule has 2 aromatic carbocycles. The fourth-order valence-corrected chi connectivity index (χ4v) is 4.28. The van der Waals surface area contributed by atoms with E-state index in [1.165, 1.54) is 16.0 Å². The number of para-hydroxylation sites is 1. The van der Waals surface area contributed by atoms with Crippen molar-refractivity contribution in [3.8, 4) is 0 Å². The van der Waals surface area contributed by atoms with Crippen LogP contribution in [0.15, 0.2) is 76.0 Å². The van der Waals surface area contributed by atoms with E-state index in [-0.39, 0.29) is 31.3 Å². The van der Waals surface area contributed by atoms with E-state index in [1.807, 2.05) is 30.3 Å². The molecule has 0 unspecified atom stereocenters. The standard InChI is InChI=1S/C26H24N2O4/c29-25(27-21-8-2-1-3-9-21)16-28(15-22-10-5-11-31-22)26(30)14-20-17-32-24-13-19-7-4-6-18(19)12-23(20)24/h1-3,5,8-13,17H,4,6-7,14-16H2,(H,27,29). The van der Waals surface area contributed by atoms with Gasteiger partial charge in [-0.3, -0.25) is 9.59 Å². The molecule has 5 rings (SSSR count). The van der Waals surface area contributed by atoms with Crippen LogP contribution in [-0.2, 0) is 35.4 Å². The molecule has 2 amide bonds. The van der Waals surface area contributed by atoms with E-state index in [0.29, 0.717) is 11.4 Å². The van der Waals surface area contributed by atoms with Gasteiger partial charge in [0.25, 0.3) is 0 Å². The second-order valence-corrected chi connectivity index (χ2v) is 8.15. The zero-order valence-corrected chi connectivity index (χ0v) is 17.7. The Morgan fingerprint density at radius 3 is 2.56 bits per heavy atom. The summed E-state index contributed by atoms with van der Waals surface area (Å²) >= 11 is 0. The quantitative estimate of drug-likeness (QED) is 0.462. The minimum absolute atomic E-state index is 0.0698. The van der Waals surface area contributed by atoms with Gasteiger partial charge in [0.05, 0.1) is 25.5 Å². The predicted molar refractivity (Wildman–Crippen MR) is 121 cm³/mol. The molecule has 0 saturated carbocycles. The number of amides is 2. The zero-order chi connectivity index (χ0) is 21.9. The molecule has 1 aliphatic carbocycles. The molecule has 0 atom stereocenters. The Morgan fingerprint density at radius 2 is 1.78 bits per heavy atom. The van der Waals surface area contributed by atoms with Crippen LogP contribution in [0.3, 0.4) is 0 Å². The monoisotopic (exact) mass is 428 g/mol. The second kappa shape index (κ2) is 8.75. The molecule has 4 aromatic rings. The van der Waals surface area contributed by atoms with E-state index in [0.717, 1.165) is 35.8 Å². The van der Waals surface area contributed by atoms with Crippen molar-refractivity contribution >= 4 is 28.5 Å². The van der Waals surface area contributed by atoms with Crippen LogP contribution in [0.2, 0.25) is 0 Å². The maximum atomic E-state index is 13.3. The summed E-state index contributed by atoms with van der Waals surface area (Å²) in [5.74, 6) is 0.208. The maximum Gasteiger partial charge on any atom is 0.244 e. The minimum Gasteiger partial charge on any atom is -0.467 e. The topological polar surface area (TPSA) is 75.7 Å². The summed E-state index contributed by atoms with van der Waals surface area (Å²) in [7, 11) is 0. The van der Waals surface area contributed by atoms with Gasteiger partial charge in [-0.2, -0.15) is 0 Å². The number of nitrogens with zero attached hydrogens (tertiary/aromatic N) is 1. The van der Waals surface area contributed by atoms with Crippen LogP contribution in [-0.4, -0.2) is 23.3 Å². The van der Waals surface area contributed by atoms with Gasteiger partial charge in [-0.25, -0.2) is 0 Å². The van der Waals surface area contributed by atoms with Gasteiger partial charge in [0.1, 0.15) is 17.9 Å². The Morgan fingerprint density at radius 1 is 0.969 bits per heavy atom. The fraction of sp³-hybridized carbons (Fsp3) is 0.231. The first kappa shape index (κ1) is 20.1. The van der Waals surface area contributed by atoms with Crippen LogP contribution in [0.5, 0.6) is 0 Å². The molecule has 6 nitrogen and oxygen atoms in total. The molecule has 6 heteroatoms. The van der Waals surface area contributed by atoms with Gasteiger partial charge in [-0.1, -0.05) is 18.2 Å². The highest BCUT2D eigenvalue weighted by molar-refractivity contribution is 5.95. The molecule has 0 saturated heterocycles. The molecule has 0 bridgehead atoms. The third-order valence-electron chi connectivity index (χ3n) is 5.88. The highest BCUT2D eigenvalue weighted by Gasteiger charge is 2.22. The molecule has 0 aliphatic heterocycles. The number of nitrogens with one attached hydrogen (secondary N) is 1. The number of hydrogen-bond acceptors (Lipinski definition) is 4. The number of aryl methyl sites for hydroxylation is 2. The maximum absolute atomic E-state index is 13.3. The van der Waals surface area contributed by atoms with Crippen LogP contribution < -0.4 is 5.32 Å². The van der Waals surface area contributed by atoms with Crippen LogP contribution >= 0.6 is 0 Å². The van der Waals surface area contributed by atoms with Crippen molar-refractivity contribution in [3.63, 3.8) is 0 Å². The first-order valence-corrected chi connectivity index (χ1v) is 10.8. The van der Waals surface area contributed by atoms with Gasteiger partial charge in [-0.15, -0.1) is 0 Å². The summed E-state index contributed by atoms with van der Waals surface area (Å²) in [4.78, 5) is 27.4. The Labute approximate surface area is 185 Å². The van der Waals surface area contributed by atoms with Gasteiger partial charge in [0.2, 0.25) is 11.8 Å². The summed E-state index contributed by atoms with van der Waals surface area (Å²) in [6.45, 7) is 0.152. The number of carbonyl (C=O) groups is 2. The van der Waals surface area contributed by atoms with Crippen molar-refractivity contribution in [2.45, 2.75) is 32.2 Å². The van der Waals surface area contributed by atoms with Gasteiger partial charge in [-0.05, 0) is 66.8 Å². The summed E-state index contributed by atoms with van der Waals surface area (Å²) in [5.41, 5.74) is 5.02. The first-order valence-electron chi connectivity index (χ1n) is 10.8. The second-order valence-electron chi connectivity index (χ2n) is 8.15. The van der Waals surface area contributed by atoms with E-state index in [2.05, 4.69) is 17.4 Å². The van der Waals surface area contributed by atoms with E-state index in [4.69, 9.17) is 8.83 Å². The lowest BCUT2D eigenvalue weighted by Gasteiger charge is -2.21. The van der Waals surface area contributed by atoms with E-state index < -0.39 is 0 Å². The SMILES string of the molecule is O=C(CN(Cc1ccco1)C(=O)Cc1coc2cc3c(cc12)CCC3)Nc1ccccc1. The fourth-order valence-electron chi connectivity index (χ4n) is 4.28. The molecule has 32 heavy (non-hydrogen) atoms. The zero-order valence-electron chi connectivity index (χ0n) is 17.7. The molecule has 162 valence electrons. The molecule has 0 spiro atoms.